The van der Waals surface area contributed by atoms with E-state index in [9.17, 15) is 0 Å². The summed E-state index contributed by atoms with van der Waals surface area (Å²) in [6.07, 6.45) is 0. The average Bonchev–Trinajstić information content (AvgIpc) is 2.94. The normalized spacial score (nSPS) is 10.8. The number of nitrogens with zero attached hydrogens (tertiary/aromatic N) is 3. The molecule has 1 heterocycles. The van der Waals surface area contributed by atoms with Crippen molar-refractivity contribution in [2.24, 2.45) is 7.05 Å². The van der Waals surface area contributed by atoms with Gasteiger partial charge in [0.05, 0.1) is 7.11 Å². The van der Waals surface area contributed by atoms with Gasteiger partial charge in [0.1, 0.15) is 5.75 Å². The van der Waals surface area contributed by atoms with Gasteiger partial charge >= 0.3 is 0 Å². The third-order valence-electron chi connectivity index (χ3n) is 4.01. The summed E-state index contributed by atoms with van der Waals surface area (Å²) in [5, 5.41) is 9.64. The van der Waals surface area contributed by atoms with Crippen LogP contribution in [0.2, 0.25) is 0 Å². The Bertz CT molecular complexity index is 858. The van der Waals surface area contributed by atoms with E-state index in [1.165, 1.54) is 16.7 Å². The molecular weight excluding hydrogens is 318 g/mol. The van der Waals surface area contributed by atoms with Gasteiger partial charge in [0.25, 0.3) is 0 Å². The van der Waals surface area contributed by atoms with E-state index in [2.05, 4.69) is 52.9 Å². The number of hydrogen-bond donors (Lipinski definition) is 0. The Morgan fingerprint density at radius 2 is 1.88 bits per heavy atom. The first kappa shape index (κ1) is 16.6. The fourth-order valence-corrected chi connectivity index (χ4v) is 3.55. The molecule has 0 aliphatic heterocycles. The minimum Gasteiger partial charge on any atom is -0.496 e. The van der Waals surface area contributed by atoms with Gasteiger partial charge in [-0.2, -0.15) is 0 Å². The summed E-state index contributed by atoms with van der Waals surface area (Å²) in [7, 11) is 3.72. The highest BCUT2D eigenvalue weighted by Gasteiger charge is 2.13. The molecule has 0 bridgehead atoms. The van der Waals surface area contributed by atoms with E-state index in [4.69, 9.17) is 4.74 Å². The number of methoxy groups -OCH3 is 1. The van der Waals surface area contributed by atoms with Crippen LogP contribution in [0.3, 0.4) is 0 Å². The Balaban J connectivity index is 1.83. The molecule has 0 amide bonds. The first-order valence-electron chi connectivity index (χ1n) is 7.82. The van der Waals surface area contributed by atoms with Crippen molar-refractivity contribution < 1.29 is 4.74 Å². The number of hydrogen-bond acceptors (Lipinski definition) is 4. The van der Waals surface area contributed by atoms with E-state index < -0.39 is 0 Å². The maximum Gasteiger partial charge on any atom is 0.191 e. The molecule has 0 aliphatic carbocycles. The van der Waals surface area contributed by atoms with Gasteiger partial charge in [-0.15, -0.1) is 10.2 Å². The number of rotatable bonds is 5. The van der Waals surface area contributed by atoms with Crippen LogP contribution in [0.5, 0.6) is 5.75 Å². The minimum atomic E-state index is 0.796. The van der Waals surface area contributed by atoms with E-state index >= 15 is 0 Å². The molecule has 0 spiro atoms. The molecule has 3 rings (SSSR count). The van der Waals surface area contributed by atoms with Crippen LogP contribution in [-0.2, 0) is 12.8 Å². The molecule has 0 atom stereocenters. The van der Waals surface area contributed by atoms with Gasteiger partial charge < -0.3 is 9.30 Å². The van der Waals surface area contributed by atoms with Crippen molar-refractivity contribution in [2.45, 2.75) is 24.8 Å². The van der Waals surface area contributed by atoms with Crippen molar-refractivity contribution in [1.29, 1.82) is 0 Å². The van der Waals surface area contributed by atoms with Crippen LogP contribution in [0.1, 0.15) is 16.7 Å². The van der Waals surface area contributed by atoms with Crippen molar-refractivity contribution in [3.8, 4) is 17.1 Å². The lowest BCUT2D eigenvalue weighted by atomic mass is 10.1. The number of aromatic nitrogens is 3. The molecule has 2 aromatic carbocycles. The van der Waals surface area contributed by atoms with Gasteiger partial charge in [0.2, 0.25) is 0 Å². The summed E-state index contributed by atoms with van der Waals surface area (Å²) in [4.78, 5) is 0. The van der Waals surface area contributed by atoms with Gasteiger partial charge in [0, 0.05) is 23.9 Å². The summed E-state index contributed by atoms with van der Waals surface area (Å²) in [5.74, 6) is 2.60. The summed E-state index contributed by atoms with van der Waals surface area (Å²) >= 11 is 1.67. The van der Waals surface area contributed by atoms with Crippen LogP contribution in [0.25, 0.3) is 11.4 Å². The smallest absolute Gasteiger partial charge is 0.191 e. The van der Waals surface area contributed by atoms with Crippen LogP contribution in [0, 0.1) is 13.8 Å². The second-order valence-electron chi connectivity index (χ2n) is 5.78. The predicted octanol–water partition coefficient (Wildman–Crippen LogP) is 4.40. The van der Waals surface area contributed by atoms with E-state index in [0.29, 0.717) is 0 Å². The molecule has 0 saturated carbocycles. The quantitative estimate of drug-likeness (QED) is 0.646. The molecule has 5 heteroatoms. The zero-order valence-electron chi connectivity index (χ0n) is 14.4. The largest absolute Gasteiger partial charge is 0.496 e. The third kappa shape index (κ3) is 3.31. The Kier molecular flexibility index (Phi) is 4.90. The van der Waals surface area contributed by atoms with Gasteiger partial charge in [-0.3, -0.25) is 0 Å². The SMILES string of the molecule is COc1ccc(C)cc1CSc1nnc(-c2ccccc2C)n1C. The Hall–Kier alpha value is -2.27. The molecule has 0 unspecified atom stereocenters. The van der Waals surface area contributed by atoms with Crippen molar-refractivity contribution in [3.63, 3.8) is 0 Å². The Labute approximate surface area is 146 Å². The van der Waals surface area contributed by atoms with Crippen LogP contribution in [0.15, 0.2) is 47.6 Å². The van der Waals surface area contributed by atoms with E-state index in [0.717, 1.165) is 28.0 Å². The highest BCUT2D eigenvalue weighted by Crippen LogP contribution is 2.30. The van der Waals surface area contributed by atoms with Crippen LogP contribution in [0.4, 0.5) is 0 Å². The summed E-state index contributed by atoms with van der Waals surface area (Å²) in [6.45, 7) is 4.18. The van der Waals surface area contributed by atoms with Crippen molar-refractivity contribution in [3.05, 3.63) is 59.2 Å². The third-order valence-corrected chi connectivity index (χ3v) is 5.08. The van der Waals surface area contributed by atoms with Gasteiger partial charge in [-0.1, -0.05) is 53.7 Å². The first-order valence-corrected chi connectivity index (χ1v) is 8.80. The number of aryl methyl sites for hydroxylation is 2. The van der Waals surface area contributed by atoms with E-state index in [1.54, 1.807) is 18.9 Å². The first-order chi connectivity index (χ1) is 11.6. The molecule has 124 valence electrons. The average molecular weight is 339 g/mol. The summed E-state index contributed by atoms with van der Waals surface area (Å²) in [5.41, 5.74) is 4.71. The lowest BCUT2D eigenvalue weighted by Crippen LogP contribution is -1.97. The fourth-order valence-electron chi connectivity index (χ4n) is 2.66. The topological polar surface area (TPSA) is 39.9 Å². The van der Waals surface area contributed by atoms with Crippen molar-refractivity contribution in [1.82, 2.24) is 14.8 Å². The number of ether oxygens (including phenoxy) is 1. The highest BCUT2D eigenvalue weighted by molar-refractivity contribution is 7.98. The maximum atomic E-state index is 5.45. The van der Waals surface area contributed by atoms with Crippen molar-refractivity contribution in [2.75, 3.05) is 7.11 Å². The van der Waals surface area contributed by atoms with E-state index in [1.807, 2.05) is 25.2 Å². The summed E-state index contributed by atoms with van der Waals surface area (Å²) < 4.78 is 7.50. The second-order valence-corrected chi connectivity index (χ2v) is 6.73. The van der Waals surface area contributed by atoms with Gasteiger partial charge in [-0.25, -0.2) is 0 Å². The fraction of sp³-hybridized carbons (Fsp3) is 0.263. The molecule has 24 heavy (non-hydrogen) atoms. The molecule has 0 N–H and O–H groups in total. The second kappa shape index (κ2) is 7.09. The van der Waals surface area contributed by atoms with E-state index in [-0.39, 0.29) is 0 Å². The molecule has 0 saturated heterocycles. The van der Waals surface area contributed by atoms with Crippen LogP contribution in [-0.4, -0.2) is 21.9 Å². The highest BCUT2D eigenvalue weighted by atomic mass is 32.2. The van der Waals surface area contributed by atoms with Crippen LogP contribution < -0.4 is 4.74 Å². The minimum absolute atomic E-state index is 0.796. The molecule has 3 aromatic rings. The van der Waals surface area contributed by atoms with Gasteiger partial charge in [0.15, 0.2) is 11.0 Å². The zero-order valence-corrected chi connectivity index (χ0v) is 15.2. The Morgan fingerprint density at radius 3 is 2.62 bits per heavy atom. The predicted molar refractivity (Wildman–Crippen MR) is 98.5 cm³/mol. The monoisotopic (exact) mass is 339 g/mol. The zero-order chi connectivity index (χ0) is 17.1. The Morgan fingerprint density at radius 1 is 1.08 bits per heavy atom. The molecule has 4 nitrogen and oxygen atoms in total. The lowest BCUT2D eigenvalue weighted by molar-refractivity contribution is 0.411. The standard InChI is InChI=1S/C19H21N3OS/c1-13-9-10-17(23-4)15(11-13)12-24-19-21-20-18(22(19)3)16-8-6-5-7-14(16)2/h5-11H,12H2,1-4H3. The molecule has 0 aliphatic rings. The van der Waals surface area contributed by atoms with Crippen molar-refractivity contribution >= 4 is 11.8 Å². The molecular formula is C19H21N3OS. The molecule has 0 fully saturated rings. The number of thioether (sulfide) groups is 1. The lowest BCUT2D eigenvalue weighted by Gasteiger charge is -2.09. The summed E-state index contributed by atoms with van der Waals surface area (Å²) in [6, 6.07) is 14.5. The maximum absolute atomic E-state index is 5.45. The van der Waals surface area contributed by atoms with Crippen LogP contribution >= 0.6 is 11.8 Å². The van der Waals surface area contributed by atoms with Gasteiger partial charge in [-0.05, 0) is 25.5 Å². The number of benzene rings is 2. The molecule has 1 aromatic heterocycles. The molecule has 0 radical (unpaired) electrons.